The Balaban J connectivity index is 1.82. The number of halogens is 4. The first-order valence-electron chi connectivity index (χ1n) is 9.50. The molecule has 4 rings (SSSR count). The van der Waals surface area contributed by atoms with Gasteiger partial charge in [-0.1, -0.05) is 0 Å². The topological polar surface area (TPSA) is 112 Å². The Morgan fingerprint density at radius 2 is 1.88 bits per heavy atom. The van der Waals surface area contributed by atoms with Crippen LogP contribution in [-0.2, 0) is 10.0 Å². The molecule has 32 heavy (non-hydrogen) atoms. The second kappa shape index (κ2) is 8.39. The van der Waals surface area contributed by atoms with Crippen LogP contribution in [0.2, 0.25) is 0 Å². The second-order valence-corrected chi connectivity index (χ2v) is 10.9. The van der Waals surface area contributed by atoms with E-state index in [1.807, 2.05) is 22.6 Å². The average molecular weight is 582 g/mol. The average Bonchev–Trinajstić information content (AvgIpc) is 3.36. The molecule has 3 aromatic rings. The largest absolute Gasteiger partial charge is 0.462 e. The highest BCUT2D eigenvalue weighted by atomic mass is 127. The molecule has 0 amide bonds. The van der Waals surface area contributed by atoms with Crippen LogP contribution in [0.1, 0.15) is 19.3 Å². The van der Waals surface area contributed by atoms with Crippen molar-refractivity contribution in [3.63, 3.8) is 0 Å². The van der Waals surface area contributed by atoms with Crippen LogP contribution in [0.3, 0.4) is 0 Å². The number of fused-ring (bicyclic) bond motifs is 1. The van der Waals surface area contributed by atoms with Crippen LogP contribution < -0.4 is 10.0 Å². The third-order valence-corrected chi connectivity index (χ3v) is 8.27. The molecular formula is C20H18F3IN2O5S. The highest BCUT2D eigenvalue weighted by molar-refractivity contribution is 14.1. The molecule has 1 aliphatic carbocycles. The van der Waals surface area contributed by atoms with E-state index < -0.39 is 56.3 Å². The summed E-state index contributed by atoms with van der Waals surface area (Å²) in [5.41, 5.74) is -1.55. The van der Waals surface area contributed by atoms with E-state index in [9.17, 15) is 22.3 Å². The first-order chi connectivity index (χ1) is 15.1. The zero-order chi connectivity index (χ0) is 23.3. The van der Waals surface area contributed by atoms with Crippen molar-refractivity contribution in [2.75, 3.05) is 16.6 Å². The number of hydrogen-bond donors (Lipinski definition) is 4. The second-order valence-electron chi connectivity index (χ2n) is 7.62. The summed E-state index contributed by atoms with van der Waals surface area (Å²) in [6, 6.07) is 5.15. The van der Waals surface area contributed by atoms with Crippen LogP contribution in [-0.4, -0.2) is 36.1 Å². The van der Waals surface area contributed by atoms with Crippen molar-refractivity contribution in [1.29, 1.82) is 0 Å². The minimum atomic E-state index is -4.24. The van der Waals surface area contributed by atoms with Gasteiger partial charge in [0.25, 0.3) is 0 Å². The summed E-state index contributed by atoms with van der Waals surface area (Å²) in [6.45, 7) is -0.621. The molecule has 1 fully saturated rings. The van der Waals surface area contributed by atoms with E-state index in [1.165, 1.54) is 18.2 Å². The summed E-state index contributed by atoms with van der Waals surface area (Å²) in [6.07, 6.45) is -0.0141. The smallest absolute Gasteiger partial charge is 0.238 e. The zero-order valence-electron chi connectivity index (χ0n) is 16.3. The molecule has 1 heterocycles. The number of rotatable bonds is 8. The lowest BCUT2D eigenvalue weighted by Crippen LogP contribution is -2.34. The lowest BCUT2D eigenvalue weighted by molar-refractivity contribution is 0.0858. The molecule has 1 aliphatic rings. The fourth-order valence-corrected chi connectivity index (χ4v) is 5.71. The molecule has 1 atom stereocenters. The van der Waals surface area contributed by atoms with E-state index in [0.717, 1.165) is 12.3 Å². The summed E-state index contributed by atoms with van der Waals surface area (Å²) in [7, 11) is -4.24. The lowest BCUT2D eigenvalue weighted by Gasteiger charge is -2.22. The molecule has 1 aromatic heterocycles. The molecule has 0 aliphatic heterocycles. The monoisotopic (exact) mass is 582 g/mol. The summed E-state index contributed by atoms with van der Waals surface area (Å²) < 4.78 is 77.0. The van der Waals surface area contributed by atoms with Crippen molar-refractivity contribution in [2.45, 2.75) is 30.1 Å². The number of nitrogens with one attached hydrogen (secondary N) is 2. The van der Waals surface area contributed by atoms with E-state index in [1.54, 1.807) is 0 Å². The van der Waals surface area contributed by atoms with Crippen LogP contribution >= 0.6 is 22.6 Å². The third-order valence-electron chi connectivity index (χ3n) is 5.41. The van der Waals surface area contributed by atoms with Crippen molar-refractivity contribution < 1.29 is 36.2 Å². The van der Waals surface area contributed by atoms with Gasteiger partial charge < -0.3 is 19.9 Å². The fourth-order valence-electron chi connectivity index (χ4n) is 3.53. The van der Waals surface area contributed by atoms with Crippen LogP contribution in [0.5, 0.6) is 0 Å². The van der Waals surface area contributed by atoms with Gasteiger partial charge in [0.2, 0.25) is 10.0 Å². The number of anilines is 3. The number of aliphatic hydroxyl groups is 2. The molecule has 0 spiro atoms. The van der Waals surface area contributed by atoms with E-state index in [2.05, 4.69) is 10.0 Å². The van der Waals surface area contributed by atoms with Crippen LogP contribution in [0.4, 0.5) is 30.2 Å². The predicted molar refractivity (Wildman–Crippen MR) is 121 cm³/mol. The Bertz CT molecular complexity index is 1290. The van der Waals surface area contributed by atoms with Crippen molar-refractivity contribution in [3.05, 3.63) is 51.6 Å². The Labute approximate surface area is 194 Å². The van der Waals surface area contributed by atoms with Crippen molar-refractivity contribution in [1.82, 2.24) is 0 Å². The van der Waals surface area contributed by atoms with Gasteiger partial charge >= 0.3 is 0 Å². The maximum atomic E-state index is 15.0. The van der Waals surface area contributed by atoms with Crippen LogP contribution in [0.15, 0.2) is 34.9 Å². The summed E-state index contributed by atoms with van der Waals surface area (Å²) in [5.74, 6) is -3.47. The molecule has 1 saturated carbocycles. The first kappa shape index (κ1) is 23.1. The summed E-state index contributed by atoms with van der Waals surface area (Å²) >= 11 is 1.88. The SMILES string of the molecule is O=S(=O)(Nc1c(Nc2ccc(I)cc2F)c(F)c(F)c2ccoc12)C1(C[C@@H](O)CO)CC1. The van der Waals surface area contributed by atoms with Crippen molar-refractivity contribution in [3.8, 4) is 0 Å². The molecule has 0 unspecified atom stereocenters. The predicted octanol–water partition coefficient (Wildman–Crippen LogP) is 4.22. The van der Waals surface area contributed by atoms with Crippen molar-refractivity contribution >= 4 is 60.6 Å². The zero-order valence-corrected chi connectivity index (χ0v) is 19.3. The number of hydrogen-bond acceptors (Lipinski definition) is 6. The van der Waals surface area contributed by atoms with Gasteiger partial charge in [-0.15, -0.1) is 0 Å². The standard InChI is InChI=1S/C20H18F3IN2O5S/c21-13-7-10(24)1-2-14(13)25-17-16(23)15(22)12-3-6-31-19(12)18(17)26-32(29,30)20(4-5-20)8-11(28)9-27/h1-3,6-7,11,25-28H,4-5,8-9H2/t11-/m1/s1. The maximum Gasteiger partial charge on any atom is 0.238 e. The van der Waals surface area contributed by atoms with E-state index in [-0.39, 0.29) is 35.9 Å². The third kappa shape index (κ3) is 4.04. The van der Waals surface area contributed by atoms with Gasteiger partial charge in [0.05, 0.1) is 34.8 Å². The van der Waals surface area contributed by atoms with Gasteiger partial charge in [0.1, 0.15) is 17.2 Å². The van der Waals surface area contributed by atoms with Gasteiger partial charge in [-0.2, -0.15) is 0 Å². The normalized spacial score (nSPS) is 16.2. The Morgan fingerprint density at radius 3 is 2.50 bits per heavy atom. The highest BCUT2D eigenvalue weighted by Crippen LogP contribution is 2.49. The van der Waals surface area contributed by atoms with Crippen LogP contribution in [0.25, 0.3) is 11.0 Å². The van der Waals surface area contributed by atoms with Crippen LogP contribution in [0, 0.1) is 21.0 Å². The molecule has 172 valence electrons. The minimum Gasteiger partial charge on any atom is -0.462 e. The van der Waals surface area contributed by atoms with Gasteiger partial charge in [0.15, 0.2) is 17.2 Å². The van der Waals surface area contributed by atoms with Gasteiger partial charge in [-0.3, -0.25) is 4.72 Å². The molecule has 0 radical (unpaired) electrons. The van der Waals surface area contributed by atoms with E-state index >= 15 is 4.39 Å². The molecular weight excluding hydrogens is 564 g/mol. The van der Waals surface area contributed by atoms with E-state index in [4.69, 9.17) is 9.52 Å². The number of aliphatic hydroxyl groups excluding tert-OH is 2. The summed E-state index contributed by atoms with van der Waals surface area (Å²) in [4.78, 5) is 0. The van der Waals surface area contributed by atoms with Gasteiger partial charge in [0, 0.05) is 3.57 Å². The number of sulfonamides is 1. The number of benzene rings is 2. The Kier molecular flexibility index (Phi) is 6.07. The summed E-state index contributed by atoms with van der Waals surface area (Å²) in [5, 5.41) is 21.0. The molecule has 7 nitrogen and oxygen atoms in total. The Hall–Kier alpha value is -2.03. The van der Waals surface area contributed by atoms with E-state index in [0.29, 0.717) is 3.57 Å². The van der Waals surface area contributed by atoms with Gasteiger partial charge in [-0.05, 0) is 66.1 Å². The molecule has 2 aromatic carbocycles. The minimum absolute atomic E-state index is 0.202. The quantitative estimate of drug-likeness (QED) is 0.296. The maximum absolute atomic E-state index is 15.0. The fraction of sp³-hybridized carbons (Fsp3) is 0.300. The molecule has 0 saturated heterocycles. The lowest BCUT2D eigenvalue weighted by atomic mass is 10.1. The molecule has 0 bridgehead atoms. The highest BCUT2D eigenvalue weighted by Gasteiger charge is 2.55. The Morgan fingerprint density at radius 1 is 1.16 bits per heavy atom. The first-order valence-corrected chi connectivity index (χ1v) is 12.1. The number of furan rings is 1. The molecule has 12 heteroatoms. The van der Waals surface area contributed by atoms with Gasteiger partial charge in [-0.25, -0.2) is 21.6 Å². The molecule has 4 N–H and O–H groups in total. The van der Waals surface area contributed by atoms with Crippen molar-refractivity contribution in [2.24, 2.45) is 0 Å².